The third-order valence-corrected chi connectivity index (χ3v) is 4.60. The Morgan fingerprint density at radius 1 is 1.39 bits per heavy atom. The minimum Gasteiger partial charge on any atom is -0.381 e. The first kappa shape index (κ1) is 11.7. The molecule has 0 bridgehead atoms. The highest BCUT2D eigenvalue weighted by molar-refractivity contribution is 8.00. The van der Waals surface area contributed by atoms with Gasteiger partial charge in [-0.1, -0.05) is 19.1 Å². The van der Waals surface area contributed by atoms with Crippen LogP contribution in [-0.4, -0.2) is 27.2 Å². The van der Waals surface area contributed by atoms with Crippen LogP contribution < -0.4 is 5.32 Å². The van der Waals surface area contributed by atoms with Gasteiger partial charge in [0, 0.05) is 34.5 Å². The highest BCUT2D eigenvalue weighted by atomic mass is 32.2. The maximum absolute atomic E-state index is 3.99. The van der Waals surface area contributed by atoms with Crippen molar-refractivity contribution in [3.8, 4) is 11.3 Å². The van der Waals surface area contributed by atoms with Gasteiger partial charge in [0.25, 0.3) is 0 Å². The molecule has 3 rings (SSSR count). The third-order valence-electron chi connectivity index (χ3n) is 3.24. The molecule has 0 radical (unpaired) electrons. The number of H-pyrrole nitrogens is 1. The molecule has 0 aliphatic carbocycles. The van der Waals surface area contributed by atoms with Crippen LogP contribution in [0.2, 0.25) is 0 Å². The van der Waals surface area contributed by atoms with E-state index in [-0.39, 0.29) is 0 Å². The fraction of sp³-hybridized carbons (Fsp3) is 0.357. The van der Waals surface area contributed by atoms with Gasteiger partial charge in [-0.3, -0.25) is 5.10 Å². The molecule has 18 heavy (non-hydrogen) atoms. The Morgan fingerprint density at radius 2 is 2.33 bits per heavy atom. The van der Waals surface area contributed by atoms with Gasteiger partial charge in [0.05, 0.1) is 5.69 Å². The largest absolute Gasteiger partial charge is 0.381 e. The average molecular weight is 259 g/mol. The molecule has 94 valence electrons. The van der Waals surface area contributed by atoms with Crippen molar-refractivity contribution >= 4 is 17.4 Å². The molecule has 0 saturated carbocycles. The van der Waals surface area contributed by atoms with E-state index < -0.39 is 0 Å². The Hall–Kier alpha value is -1.42. The minimum atomic E-state index is 0.599. The van der Waals surface area contributed by atoms with Crippen LogP contribution in [0.3, 0.4) is 0 Å². The molecule has 1 aromatic carbocycles. The Bertz CT molecular complexity index is 510. The molecule has 1 fully saturated rings. The van der Waals surface area contributed by atoms with Crippen molar-refractivity contribution in [2.45, 2.75) is 24.6 Å². The van der Waals surface area contributed by atoms with Gasteiger partial charge in [0.2, 0.25) is 0 Å². The van der Waals surface area contributed by atoms with Crippen LogP contribution in [0, 0.1) is 0 Å². The number of anilines is 1. The van der Waals surface area contributed by atoms with E-state index in [1.165, 1.54) is 23.4 Å². The Kier molecular flexibility index (Phi) is 3.28. The Morgan fingerprint density at radius 3 is 3.06 bits per heavy atom. The number of benzene rings is 1. The van der Waals surface area contributed by atoms with Crippen LogP contribution >= 0.6 is 11.8 Å². The fourth-order valence-electron chi connectivity index (χ4n) is 2.35. The summed E-state index contributed by atoms with van der Waals surface area (Å²) < 4.78 is 0. The predicted octanol–water partition coefficient (Wildman–Crippen LogP) is 3.38. The van der Waals surface area contributed by atoms with Gasteiger partial charge >= 0.3 is 0 Å². The smallest absolute Gasteiger partial charge is 0.0650 e. The Labute approximate surface area is 111 Å². The van der Waals surface area contributed by atoms with Gasteiger partial charge in [0.15, 0.2) is 0 Å². The maximum atomic E-state index is 3.99. The number of nitrogens with zero attached hydrogens (tertiary/aromatic N) is 1. The molecule has 0 amide bonds. The van der Waals surface area contributed by atoms with Gasteiger partial charge in [-0.05, 0) is 24.6 Å². The van der Waals surface area contributed by atoms with E-state index in [0.29, 0.717) is 6.04 Å². The van der Waals surface area contributed by atoms with Crippen LogP contribution in [0.5, 0.6) is 0 Å². The molecule has 0 spiro atoms. The Balaban J connectivity index is 1.75. The SMILES string of the molecule is CC1CC(Nc2cccc(-c3ccn[nH]3)c2)CS1. The fourth-order valence-corrected chi connectivity index (χ4v) is 3.50. The summed E-state index contributed by atoms with van der Waals surface area (Å²) in [4.78, 5) is 0. The zero-order chi connectivity index (χ0) is 12.4. The van der Waals surface area contributed by atoms with E-state index in [0.717, 1.165) is 10.9 Å². The lowest BCUT2D eigenvalue weighted by molar-refractivity contribution is 0.747. The molecular formula is C14H17N3S. The molecule has 2 atom stereocenters. The first-order valence-corrected chi connectivity index (χ1v) is 7.34. The van der Waals surface area contributed by atoms with Gasteiger partial charge < -0.3 is 5.32 Å². The number of hydrogen-bond acceptors (Lipinski definition) is 3. The summed E-state index contributed by atoms with van der Waals surface area (Å²) in [6.45, 7) is 2.30. The van der Waals surface area contributed by atoms with Crippen molar-refractivity contribution < 1.29 is 0 Å². The number of rotatable bonds is 3. The number of thioether (sulfide) groups is 1. The van der Waals surface area contributed by atoms with Crippen LogP contribution in [-0.2, 0) is 0 Å². The normalized spacial score (nSPS) is 23.2. The van der Waals surface area contributed by atoms with E-state index in [9.17, 15) is 0 Å². The number of hydrogen-bond donors (Lipinski definition) is 2. The van der Waals surface area contributed by atoms with Crippen molar-refractivity contribution in [3.05, 3.63) is 36.5 Å². The van der Waals surface area contributed by atoms with E-state index in [1.807, 2.05) is 17.8 Å². The third kappa shape index (κ3) is 2.53. The quantitative estimate of drug-likeness (QED) is 0.887. The van der Waals surface area contributed by atoms with Gasteiger partial charge in [-0.25, -0.2) is 0 Å². The van der Waals surface area contributed by atoms with Crippen molar-refractivity contribution in [2.24, 2.45) is 0 Å². The van der Waals surface area contributed by atoms with Crippen LogP contribution in [0.15, 0.2) is 36.5 Å². The van der Waals surface area contributed by atoms with Crippen molar-refractivity contribution in [1.82, 2.24) is 10.2 Å². The molecule has 4 heteroatoms. The molecule has 1 aromatic heterocycles. The predicted molar refractivity (Wildman–Crippen MR) is 78.0 cm³/mol. The number of aromatic amines is 1. The molecule has 2 N–H and O–H groups in total. The zero-order valence-corrected chi connectivity index (χ0v) is 11.2. The summed E-state index contributed by atoms with van der Waals surface area (Å²) >= 11 is 2.05. The second-order valence-corrected chi connectivity index (χ2v) is 6.24. The summed E-state index contributed by atoms with van der Waals surface area (Å²) in [6.07, 6.45) is 3.03. The van der Waals surface area contributed by atoms with Crippen LogP contribution in [0.1, 0.15) is 13.3 Å². The summed E-state index contributed by atoms with van der Waals surface area (Å²) in [5.41, 5.74) is 3.44. The molecule has 2 aromatic rings. The highest BCUT2D eigenvalue weighted by Crippen LogP contribution is 2.29. The van der Waals surface area contributed by atoms with E-state index in [1.54, 1.807) is 6.20 Å². The molecule has 3 nitrogen and oxygen atoms in total. The van der Waals surface area contributed by atoms with Crippen molar-refractivity contribution in [1.29, 1.82) is 0 Å². The minimum absolute atomic E-state index is 0.599. The van der Waals surface area contributed by atoms with E-state index in [4.69, 9.17) is 0 Å². The average Bonchev–Trinajstić information content (AvgIpc) is 3.01. The second kappa shape index (κ2) is 5.06. The standard InChI is InChI=1S/C14H17N3S/c1-10-7-13(9-18-10)16-12-4-2-3-11(8-12)14-5-6-15-17-14/h2-6,8,10,13,16H,7,9H2,1H3,(H,15,17). The zero-order valence-electron chi connectivity index (χ0n) is 10.4. The van der Waals surface area contributed by atoms with Crippen LogP contribution in [0.4, 0.5) is 5.69 Å². The molecule has 1 saturated heterocycles. The molecular weight excluding hydrogens is 242 g/mol. The second-order valence-electron chi connectivity index (χ2n) is 4.77. The number of nitrogens with one attached hydrogen (secondary N) is 2. The lowest BCUT2D eigenvalue weighted by Crippen LogP contribution is -2.18. The van der Waals surface area contributed by atoms with Gasteiger partial charge in [0.1, 0.15) is 0 Å². The maximum Gasteiger partial charge on any atom is 0.0650 e. The summed E-state index contributed by atoms with van der Waals surface area (Å²) in [6, 6.07) is 11.1. The molecule has 1 aliphatic heterocycles. The first-order chi connectivity index (χ1) is 8.81. The lowest BCUT2D eigenvalue weighted by atomic mass is 10.1. The lowest BCUT2D eigenvalue weighted by Gasteiger charge is -2.13. The van der Waals surface area contributed by atoms with Crippen LogP contribution in [0.25, 0.3) is 11.3 Å². The summed E-state index contributed by atoms with van der Waals surface area (Å²) in [7, 11) is 0. The van der Waals surface area contributed by atoms with E-state index >= 15 is 0 Å². The van der Waals surface area contributed by atoms with Crippen molar-refractivity contribution in [3.63, 3.8) is 0 Å². The topological polar surface area (TPSA) is 40.7 Å². The summed E-state index contributed by atoms with van der Waals surface area (Å²) in [5.74, 6) is 1.20. The molecule has 2 unspecified atom stereocenters. The molecule has 1 aliphatic rings. The summed E-state index contributed by atoms with van der Waals surface area (Å²) in [5, 5.41) is 11.4. The molecule has 2 heterocycles. The monoisotopic (exact) mass is 259 g/mol. The van der Waals surface area contributed by atoms with Gasteiger partial charge in [-0.2, -0.15) is 16.9 Å². The van der Waals surface area contributed by atoms with Gasteiger partial charge in [-0.15, -0.1) is 0 Å². The number of aromatic nitrogens is 2. The van der Waals surface area contributed by atoms with Crippen molar-refractivity contribution in [2.75, 3.05) is 11.1 Å². The first-order valence-electron chi connectivity index (χ1n) is 6.29. The highest BCUT2D eigenvalue weighted by Gasteiger charge is 2.21. The van der Waals surface area contributed by atoms with E-state index in [2.05, 4.69) is 46.7 Å².